The first-order valence-electron chi connectivity index (χ1n) is 19.4. The van der Waals surface area contributed by atoms with Crippen LogP contribution >= 0.6 is 0 Å². The van der Waals surface area contributed by atoms with Crippen LogP contribution < -0.4 is 20.1 Å². The molecule has 0 amide bonds. The third-order valence-electron chi connectivity index (χ3n) is 10.6. The van der Waals surface area contributed by atoms with E-state index in [0.29, 0.717) is 37.1 Å². The number of aliphatic hydroxyl groups excluding tert-OH is 1. The highest BCUT2D eigenvalue weighted by Gasteiger charge is 2.44. The van der Waals surface area contributed by atoms with Crippen LogP contribution in [-0.4, -0.2) is 108 Å². The number of rotatable bonds is 16. The van der Waals surface area contributed by atoms with E-state index in [2.05, 4.69) is 34.5 Å². The second-order valence-corrected chi connectivity index (χ2v) is 17.3. The molecule has 3 N–H and O–H groups in total. The zero-order valence-corrected chi connectivity index (χ0v) is 33.3. The first-order valence-corrected chi connectivity index (χ1v) is 19.4. The largest absolute Gasteiger partial charge is 0.489 e. The molecule has 3 unspecified atom stereocenters. The van der Waals surface area contributed by atoms with Crippen LogP contribution in [0.1, 0.15) is 99.0 Å². The van der Waals surface area contributed by atoms with Crippen LogP contribution in [0.25, 0.3) is 10.9 Å². The number of pyridine rings is 2. The van der Waals surface area contributed by atoms with Gasteiger partial charge in [-0.1, -0.05) is 40.5 Å². The van der Waals surface area contributed by atoms with Crippen LogP contribution in [0.3, 0.4) is 0 Å². The molecule has 2 saturated heterocycles. The van der Waals surface area contributed by atoms with Gasteiger partial charge in [0.25, 0.3) is 0 Å². The molecule has 0 bridgehead atoms. The van der Waals surface area contributed by atoms with E-state index in [-0.39, 0.29) is 24.3 Å². The van der Waals surface area contributed by atoms with Crippen molar-refractivity contribution < 1.29 is 38.4 Å². The summed E-state index contributed by atoms with van der Waals surface area (Å²) in [6.45, 7) is 16.0. The Morgan fingerprint density at radius 2 is 1.81 bits per heavy atom. The normalized spacial score (nSPS) is 24.4. The molecule has 0 radical (unpaired) electrons. The molecule has 7 atom stereocenters. The Morgan fingerprint density at radius 1 is 1.08 bits per heavy atom. The summed E-state index contributed by atoms with van der Waals surface area (Å²) in [5, 5.41) is 17.9. The Balaban J connectivity index is 1.22. The van der Waals surface area contributed by atoms with Crippen LogP contribution in [0.2, 0.25) is 0 Å². The van der Waals surface area contributed by atoms with Crippen molar-refractivity contribution in [2.24, 2.45) is 17.3 Å². The van der Waals surface area contributed by atoms with Crippen LogP contribution in [0, 0.1) is 17.3 Å². The molecule has 2 aromatic rings. The summed E-state index contributed by atoms with van der Waals surface area (Å²) in [6.07, 6.45) is 8.89. The van der Waals surface area contributed by atoms with Crippen molar-refractivity contribution in [1.29, 1.82) is 0 Å². The third kappa shape index (κ3) is 11.5. The minimum atomic E-state index is -1.27. The standard InChI is InChI=1S/C40H63N5O8/c1-24(28-21-32(28)52-38(48)44-34(39(2,3)4)37(47)53-40(5,6)7)12-10-11-13-27-33(50-25-15-18-45(8)19-16-25)29-23-41-17-14-30(29)43-35(27)51-26-20-31(42-22-26)36(46)49-9/h14,17,23-26,28,31-32,34,38,42,44,48H,10-13,15-16,18-22H2,1-9H3/t24-,26-,28?,31+,32?,34-,38?/m1/s1. The minimum absolute atomic E-state index is 0.0766. The summed E-state index contributed by atoms with van der Waals surface area (Å²) < 4.78 is 30.0. The maximum Gasteiger partial charge on any atom is 0.324 e. The number of esters is 2. The van der Waals surface area contributed by atoms with Crippen molar-refractivity contribution in [1.82, 2.24) is 25.5 Å². The molecule has 4 heterocycles. The molecule has 0 aromatic carbocycles. The quantitative estimate of drug-likeness (QED) is 0.123. The minimum Gasteiger partial charge on any atom is -0.489 e. The monoisotopic (exact) mass is 741 g/mol. The first kappa shape index (κ1) is 41.1. The maximum atomic E-state index is 12.9. The predicted molar refractivity (Wildman–Crippen MR) is 201 cm³/mol. The molecule has 0 spiro atoms. The molecule has 1 saturated carbocycles. The number of aromatic nitrogens is 2. The fourth-order valence-electron chi connectivity index (χ4n) is 7.40. The molecule has 5 rings (SSSR count). The van der Waals surface area contributed by atoms with Gasteiger partial charge in [-0.25, -0.2) is 4.98 Å². The lowest BCUT2D eigenvalue weighted by molar-refractivity contribution is -0.174. The molecular weight excluding hydrogens is 678 g/mol. The molecule has 13 heteroatoms. The highest BCUT2D eigenvalue weighted by Crippen LogP contribution is 2.43. The van der Waals surface area contributed by atoms with Gasteiger partial charge in [-0.05, 0) is 83.2 Å². The SMILES string of the molecule is COC(=O)[C@@H]1C[C@@H](Oc2nc3ccncc3c(OC3CCN(C)CC3)c2CCCC[C@@H](C)C2CC2OC(O)N[C@H](C(=O)OC(C)(C)C)C(C)(C)C)CN1. The Kier molecular flexibility index (Phi) is 13.6. The van der Waals surface area contributed by atoms with Gasteiger partial charge in [-0.3, -0.25) is 19.9 Å². The van der Waals surface area contributed by atoms with E-state index in [9.17, 15) is 14.7 Å². The first-order chi connectivity index (χ1) is 25.0. The summed E-state index contributed by atoms with van der Waals surface area (Å²) in [6, 6.07) is 0.750. The number of unbranched alkanes of at least 4 members (excludes halogenated alkanes) is 1. The van der Waals surface area contributed by atoms with E-state index < -0.39 is 35.5 Å². The number of methoxy groups -OCH3 is 1. The summed E-state index contributed by atoms with van der Waals surface area (Å²) >= 11 is 0. The molecule has 296 valence electrons. The predicted octanol–water partition coefficient (Wildman–Crippen LogP) is 4.76. The average Bonchev–Trinajstić information content (AvgIpc) is 3.70. The summed E-state index contributed by atoms with van der Waals surface area (Å²) in [4.78, 5) is 36.9. The maximum absolute atomic E-state index is 12.9. The number of likely N-dealkylation sites (tertiary alicyclic amines) is 1. The number of carbonyl (C=O) groups is 2. The van der Waals surface area contributed by atoms with Gasteiger partial charge in [0.1, 0.15) is 35.6 Å². The van der Waals surface area contributed by atoms with Gasteiger partial charge >= 0.3 is 11.9 Å². The van der Waals surface area contributed by atoms with Gasteiger partial charge in [-0.2, -0.15) is 0 Å². The van der Waals surface area contributed by atoms with Crippen molar-refractivity contribution >= 4 is 22.8 Å². The number of fused-ring (bicyclic) bond motifs is 1. The highest BCUT2D eigenvalue weighted by atomic mass is 16.6. The van der Waals surface area contributed by atoms with Crippen molar-refractivity contribution in [3.05, 3.63) is 24.0 Å². The molecule has 13 nitrogen and oxygen atoms in total. The number of nitrogens with zero attached hydrogens (tertiary/aromatic N) is 3. The number of piperidine rings is 1. The zero-order valence-electron chi connectivity index (χ0n) is 33.3. The number of carbonyl (C=O) groups excluding carboxylic acids is 2. The van der Waals surface area contributed by atoms with E-state index in [1.165, 1.54) is 7.11 Å². The molecule has 2 aliphatic heterocycles. The number of hydrogen-bond acceptors (Lipinski definition) is 13. The number of nitrogens with one attached hydrogen (secondary N) is 2. The average molecular weight is 742 g/mol. The second-order valence-electron chi connectivity index (χ2n) is 17.3. The number of aliphatic hydroxyl groups is 1. The van der Waals surface area contributed by atoms with Gasteiger partial charge in [0.2, 0.25) is 12.3 Å². The van der Waals surface area contributed by atoms with Crippen molar-refractivity contribution in [2.75, 3.05) is 33.8 Å². The number of hydrogen-bond donors (Lipinski definition) is 3. The van der Waals surface area contributed by atoms with E-state index in [4.69, 9.17) is 28.7 Å². The highest BCUT2D eigenvalue weighted by molar-refractivity contribution is 5.86. The van der Waals surface area contributed by atoms with Crippen LogP contribution in [0.4, 0.5) is 0 Å². The van der Waals surface area contributed by atoms with Gasteiger partial charge < -0.3 is 39.0 Å². The van der Waals surface area contributed by atoms with Crippen molar-refractivity contribution in [3.63, 3.8) is 0 Å². The Hall–Kier alpha value is -3.10. The van der Waals surface area contributed by atoms with Gasteiger partial charge in [0, 0.05) is 38.4 Å². The van der Waals surface area contributed by atoms with E-state index in [1.54, 1.807) is 6.20 Å². The lowest BCUT2D eigenvalue weighted by Crippen LogP contribution is -2.53. The van der Waals surface area contributed by atoms with Crippen molar-refractivity contribution in [3.8, 4) is 11.6 Å². The van der Waals surface area contributed by atoms with Gasteiger partial charge in [-0.15, -0.1) is 0 Å². The lowest BCUT2D eigenvalue weighted by atomic mass is 9.86. The Morgan fingerprint density at radius 3 is 2.49 bits per heavy atom. The van der Waals surface area contributed by atoms with Crippen molar-refractivity contribution in [2.45, 2.75) is 142 Å². The molecule has 2 aromatic heterocycles. The topological polar surface area (TPSA) is 154 Å². The van der Waals surface area contributed by atoms with Gasteiger partial charge in [0.15, 0.2) is 0 Å². The van der Waals surface area contributed by atoms with Crippen LogP contribution in [0.5, 0.6) is 11.6 Å². The molecule has 3 aliphatic rings. The van der Waals surface area contributed by atoms with E-state index in [0.717, 1.165) is 73.8 Å². The molecular formula is C40H63N5O8. The lowest BCUT2D eigenvalue weighted by Gasteiger charge is -2.33. The molecule has 53 heavy (non-hydrogen) atoms. The summed E-state index contributed by atoms with van der Waals surface area (Å²) in [5.74, 6) is 1.36. The van der Waals surface area contributed by atoms with E-state index >= 15 is 0 Å². The number of ether oxygens (including phenoxy) is 5. The summed E-state index contributed by atoms with van der Waals surface area (Å²) in [7, 11) is 3.54. The fraction of sp³-hybridized carbons (Fsp3) is 0.750. The van der Waals surface area contributed by atoms with E-state index in [1.807, 2.05) is 53.8 Å². The van der Waals surface area contributed by atoms with Crippen LogP contribution in [-0.2, 0) is 30.2 Å². The second kappa shape index (κ2) is 17.6. The van der Waals surface area contributed by atoms with Crippen LogP contribution in [0.15, 0.2) is 18.5 Å². The third-order valence-corrected chi connectivity index (χ3v) is 10.6. The molecule has 1 aliphatic carbocycles. The Labute approximate surface area is 315 Å². The fourth-order valence-corrected chi connectivity index (χ4v) is 7.40. The Bertz CT molecular complexity index is 1540. The smallest absolute Gasteiger partial charge is 0.324 e. The summed E-state index contributed by atoms with van der Waals surface area (Å²) in [5.41, 5.74) is 0.592. The van der Waals surface area contributed by atoms with Gasteiger partial charge in [0.05, 0.1) is 29.7 Å². The zero-order chi connectivity index (χ0) is 38.5. The molecule has 3 fully saturated rings.